The Bertz CT molecular complexity index is 252. The molecule has 0 aliphatic carbocycles. The van der Waals surface area contributed by atoms with Gasteiger partial charge in [-0.3, -0.25) is 0 Å². The smallest absolute Gasteiger partial charge is 0.238 e. The molecule has 15 heavy (non-hydrogen) atoms. The third-order valence-electron chi connectivity index (χ3n) is 2.35. The predicted molar refractivity (Wildman–Crippen MR) is 62.8 cm³/mol. The van der Waals surface area contributed by atoms with Crippen LogP contribution in [0, 0.1) is 0 Å². The van der Waals surface area contributed by atoms with Crippen LogP contribution in [0.5, 0.6) is 0 Å². The zero-order chi connectivity index (χ0) is 8.93. The van der Waals surface area contributed by atoms with Crippen LogP contribution in [0.2, 0.25) is 0 Å². The van der Waals surface area contributed by atoms with Crippen molar-refractivity contribution in [3.05, 3.63) is 30.3 Å². The molecule has 84 valence electrons. The highest BCUT2D eigenvalue weighted by molar-refractivity contribution is 6.50. The minimum absolute atomic E-state index is 0. The van der Waals surface area contributed by atoms with E-state index in [1.165, 1.54) is 5.46 Å². The minimum Gasteiger partial charge on any atom is -0.412 e. The zero-order valence-electron chi connectivity index (χ0n) is 8.78. The Kier molecular flexibility index (Phi) is 6.99. The second kappa shape index (κ2) is 7.42. The predicted octanol–water partition coefficient (Wildman–Crippen LogP) is -1.65. The van der Waals surface area contributed by atoms with E-state index >= 15 is 0 Å². The van der Waals surface area contributed by atoms with Crippen LogP contribution in [0.25, 0.3) is 0 Å². The quantitative estimate of drug-likeness (QED) is 0.549. The van der Waals surface area contributed by atoms with Crippen LogP contribution in [0.15, 0.2) is 30.3 Å². The van der Waals surface area contributed by atoms with Crippen LogP contribution in [0.3, 0.4) is 0 Å². The Morgan fingerprint density at radius 1 is 1.00 bits per heavy atom. The highest BCUT2D eigenvalue weighted by Gasteiger charge is 2.11. The molecule has 4 nitrogen and oxygen atoms in total. The Morgan fingerprint density at radius 3 is 2.20 bits per heavy atom. The van der Waals surface area contributed by atoms with Crippen molar-refractivity contribution >= 4 is 12.9 Å². The Balaban J connectivity index is 0.000000980. The molecule has 1 aromatic rings. The van der Waals surface area contributed by atoms with E-state index in [2.05, 4.69) is 35.1 Å². The van der Waals surface area contributed by atoms with Gasteiger partial charge in [0.25, 0.3) is 0 Å². The van der Waals surface area contributed by atoms with Crippen LogP contribution in [0.4, 0.5) is 0 Å². The molecule has 1 aliphatic rings. The SMILES string of the molecule is B(c1ccccc1)N1CCOCC1.O.O. The molecular formula is C10H18BNO3. The molecule has 1 aliphatic heterocycles. The monoisotopic (exact) mass is 211 g/mol. The largest absolute Gasteiger partial charge is 0.412 e. The highest BCUT2D eigenvalue weighted by atomic mass is 16.5. The molecule has 1 saturated heterocycles. The summed E-state index contributed by atoms with van der Waals surface area (Å²) < 4.78 is 5.30. The average molecular weight is 211 g/mol. The zero-order valence-corrected chi connectivity index (χ0v) is 8.78. The van der Waals surface area contributed by atoms with E-state index < -0.39 is 0 Å². The van der Waals surface area contributed by atoms with Crippen LogP contribution in [0.1, 0.15) is 0 Å². The van der Waals surface area contributed by atoms with Crippen molar-refractivity contribution in [1.29, 1.82) is 0 Å². The Hall–Kier alpha value is -0.875. The summed E-state index contributed by atoms with van der Waals surface area (Å²) in [5.74, 6) is 0. The summed E-state index contributed by atoms with van der Waals surface area (Å²) in [5.41, 5.74) is 1.39. The normalized spacial score (nSPS) is 16.0. The summed E-state index contributed by atoms with van der Waals surface area (Å²) in [6.45, 7) is 3.89. The molecule has 2 rings (SSSR count). The number of benzene rings is 1. The lowest BCUT2D eigenvalue weighted by molar-refractivity contribution is 0.0730. The molecule has 4 N–H and O–H groups in total. The van der Waals surface area contributed by atoms with E-state index in [0.717, 1.165) is 33.7 Å². The van der Waals surface area contributed by atoms with Gasteiger partial charge in [0.15, 0.2) is 0 Å². The van der Waals surface area contributed by atoms with E-state index in [9.17, 15) is 0 Å². The molecule has 5 heteroatoms. The van der Waals surface area contributed by atoms with Crippen molar-refractivity contribution in [3.8, 4) is 0 Å². The van der Waals surface area contributed by atoms with Gasteiger partial charge in [-0.15, -0.1) is 0 Å². The number of morpholine rings is 1. The van der Waals surface area contributed by atoms with Crippen molar-refractivity contribution in [1.82, 2.24) is 4.81 Å². The lowest BCUT2D eigenvalue weighted by atomic mass is 9.80. The molecule has 0 atom stereocenters. The second-order valence-electron chi connectivity index (χ2n) is 3.37. The molecule has 0 amide bonds. The van der Waals surface area contributed by atoms with Crippen LogP contribution < -0.4 is 5.46 Å². The maximum absolute atomic E-state index is 5.30. The maximum Gasteiger partial charge on any atom is 0.238 e. The fraction of sp³-hybridized carbons (Fsp3) is 0.400. The van der Waals surface area contributed by atoms with Crippen molar-refractivity contribution in [2.24, 2.45) is 0 Å². The molecule has 0 bridgehead atoms. The number of hydrogen-bond donors (Lipinski definition) is 0. The number of nitrogens with zero attached hydrogens (tertiary/aromatic N) is 1. The van der Waals surface area contributed by atoms with Crippen molar-refractivity contribution in [2.75, 3.05) is 26.3 Å². The standard InChI is InChI=1S/C10H14BNO.2H2O/c1-2-4-10(5-3-1)11-12-6-8-13-9-7-12;;/h1-5,11H,6-9H2;2*1H2. The lowest BCUT2D eigenvalue weighted by Crippen LogP contribution is -2.43. The molecule has 0 radical (unpaired) electrons. The summed E-state index contributed by atoms with van der Waals surface area (Å²) in [7, 11) is 1.06. The summed E-state index contributed by atoms with van der Waals surface area (Å²) in [6.07, 6.45) is 0. The first kappa shape index (κ1) is 14.1. The lowest BCUT2D eigenvalue weighted by Gasteiger charge is -2.26. The summed E-state index contributed by atoms with van der Waals surface area (Å²) in [4.78, 5) is 2.43. The molecule has 1 aromatic carbocycles. The molecule has 0 unspecified atom stereocenters. The van der Waals surface area contributed by atoms with Crippen LogP contribution in [-0.4, -0.2) is 49.5 Å². The fourth-order valence-electron chi connectivity index (χ4n) is 1.60. The van der Waals surface area contributed by atoms with Gasteiger partial charge in [0.05, 0.1) is 13.2 Å². The van der Waals surface area contributed by atoms with Gasteiger partial charge in [-0.2, -0.15) is 0 Å². The van der Waals surface area contributed by atoms with Gasteiger partial charge in [0.1, 0.15) is 0 Å². The van der Waals surface area contributed by atoms with Crippen LogP contribution >= 0.6 is 0 Å². The average Bonchev–Trinajstić information content (AvgIpc) is 2.21. The fourth-order valence-corrected chi connectivity index (χ4v) is 1.60. The van der Waals surface area contributed by atoms with Gasteiger partial charge in [0.2, 0.25) is 7.41 Å². The highest BCUT2D eigenvalue weighted by Crippen LogP contribution is 1.94. The number of rotatable bonds is 2. The first-order valence-electron chi connectivity index (χ1n) is 4.79. The molecule has 1 heterocycles. The molecule has 0 saturated carbocycles. The second-order valence-corrected chi connectivity index (χ2v) is 3.37. The van der Waals surface area contributed by atoms with E-state index in [0.29, 0.717) is 0 Å². The van der Waals surface area contributed by atoms with Gasteiger partial charge in [-0.1, -0.05) is 35.8 Å². The molecule has 1 fully saturated rings. The van der Waals surface area contributed by atoms with Gasteiger partial charge in [-0.05, 0) is 0 Å². The number of ether oxygens (including phenoxy) is 1. The van der Waals surface area contributed by atoms with E-state index in [1.54, 1.807) is 0 Å². The van der Waals surface area contributed by atoms with Crippen molar-refractivity contribution in [3.63, 3.8) is 0 Å². The third-order valence-corrected chi connectivity index (χ3v) is 2.35. The number of hydrogen-bond acceptors (Lipinski definition) is 2. The van der Waals surface area contributed by atoms with Crippen molar-refractivity contribution < 1.29 is 15.7 Å². The first-order chi connectivity index (χ1) is 6.45. The molecule has 0 aromatic heterocycles. The van der Waals surface area contributed by atoms with Gasteiger partial charge >= 0.3 is 0 Å². The maximum atomic E-state index is 5.30. The minimum atomic E-state index is 0. The topological polar surface area (TPSA) is 75.5 Å². The third kappa shape index (κ3) is 4.44. The summed E-state index contributed by atoms with van der Waals surface area (Å²) in [6, 6.07) is 10.6. The van der Waals surface area contributed by atoms with Crippen molar-refractivity contribution in [2.45, 2.75) is 0 Å². The van der Waals surface area contributed by atoms with Crippen LogP contribution in [-0.2, 0) is 4.74 Å². The van der Waals surface area contributed by atoms with E-state index in [-0.39, 0.29) is 11.0 Å². The van der Waals surface area contributed by atoms with Gasteiger partial charge < -0.3 is 20.5 Å². The Labute approximate surface area is 90.7 Å². The first-order valence-corrected chi connectivity index (χ1v) is 4.79. The van der Waals surface area contributed by atoms with E-state index in [4.69, 9.17) is 4.74 Å². The molecule has 0 spiro atoms. The molecular weight excluding hydrogens is 193 g/mol. The summed E-state index contributed by atoms with van der Waals surface area (Å²) in [5, 5.41) is 0. The Morgan fingerprint density at radius 2 is 1.60 bits per heavy atom. The van der Waals surface area contributed by atoms with Gasteiger partial charge in [-0.25, -0.2) is 0 Å². The van der Waals surface area contributed by atoms with Gasteiger partial charge in [0, 0.05) is 13.1 Å². The summed E-state index contributed by atoms with van der Waals surface area (Å²) >= 11 is 0. The van der Waals surface area contributed by atoms with E-state index in [1.807, 2.05) is 0 Å².